The second-order valence-electron chi connectivity index (χ2n) is 12.4. The van der Waals surface area contributed by atoms with Gasteiger partial charge in [0, 0.05) is 47.6 Å². The van der Waals surface area contributed by atoms with Gasteiger partial charge in [-0.15, -0.1) is 11.3 Å². The van der Waals surface area contributed by atoms with E-state index in [9.17, 15) is 0 Å². The molecule has 4 nitrogen and oxygen atoms in total. The van der Waals surface area contributed by atoms with E-state index in [1.165, 1.54) is 36.9 Å². The number of hydrogen-bond acceptors (Lipinski definition) is 5. The molecule has 3 aromatic heterocycles. The molecular formula is C45H27N3OS. The van der Waals surface area contributed by atoms with Crippen LogP contribution in [0.2, 0.25) is 0 Å². The molecule has 0 aliphatic carbocycles. The summed E-state index contributed by atoms with van der Waals surface area (Å²) >= 11 is 1.86. The van der Waals surface area contributed by atoms with Gasteiger partial charge in [-0.05, 0) is 46.5 Å². The van der Waals surface area contributed by atoms with Crippen molar-refractivity contribution in [1.82, 2.24) is 15.0 Å². The van der Waals surface area contributed by atoms with Crippen molar-refractivity contribution in [3.63, 3.8) is 0 Å². The van der Waals surface area contributed by atoms with Crippen LogP contribution in [0.1, 0.15) is 0 Å². The Bertz CT molecular complexity index is 2800. The van der Waals surface area contributed by atoms with E-state index in [0.29, 0.717) is 17.5 Å². The van der Waals surface area contributed by atoms with Gasteiger partial charge in [0.05, 0.1) is 0 Å². The number of benzene rings is 7. The third kappa shape index (κ3) is 4.71. The first kappa shape index (κ1) is 28.6. The van der Waals surface area contributed by atoms with Crippen LogP contribution in [0.15, 0.2) is 168 Å². The van der Waals surface area contributed by atoms with Crippen LogP contribution in [0, 0.1) is 0 Å². The molecule has 10 aromatic rings. The van der Waals surface area contributed by atoms with Gasteiger partial charge < -0.3 is 4.42 Å². The molecule has 3 heterocycles. The summed E-state index contributed by atoms with van der Waals surface area (Å²) in [6, 6.07) is 56.8. The van der Waals surface area contributed by atoms with E-state index >= 15 is 0 Å². The van der Waals surface area contributed by atoms with Crippen LogP contribution in [0.25, 0.3) is 98.5 Å². The van der Waals surface area contributed by atoms with E-state index in [1.807, 2.05) is 84.1 Å². The molecular weight excluding hydrogens is 631 g/mol. The van der Waals surface area contributed by atoms with Gasteiger partial charge in [-0.3, -0.25) is 0 Å². The van der Waals surface area contributed by atoms with E-state index in [-0.39, 0.29) is 0 Å². The van der Waals surface area contributed by atoms with Crippen molar-refractivity contribution in [2.24, 2.45) is 0 Å². The fourth-order valence-corrected chi connectivity index (χ4v) is 8.29. The van der Waals surface area contributed by atoms with Gasteiger partial charge in [0.2, 0.25) is 0 Å². The van der Waals surface area contributed by atoms with Crippen LogP contribution < -0.4 is 0 Å². The summed E-state index contributed by atoms with van der Waals surface area (Å²) < 4.78 is 9.06. The van der Waals surface area contributed by atoms with Crippen molar-refractivity contribution in [3.05, 3.63) is 164 Å². The number of rotatable bonds is 5. The molecule has 0 aliphatic rings. The molecule has 0 saturated heterocycles. The average Bonchev–Trinajstić information content (AvgIpc) is 3.77. The fourth-order valence-electron chi connectivity index (χ4n) is 7.02. The molecule has 0 amide bonds. The number of aromatic nitrogens is 3. The lowest BCUT2D eigenvalue weighted by molar-refractivity contribution is 0.669. The Kier molecular flexibility index (Phi) is 6.64. The zero-order valence-electron chi connectivity index (χ0n) is 26.7. The lowest BCUT2D eigenvalue weighted by Crippen LogP contribution is -2.00. The molecule has 50 heavy (non-hydrogen) atoms. The Hall–Kier alpha value is -6.43. The van der Waals surface area contributed by atoms with Crippen molar-refractivity contribution in [2.75, 3.05) is 0 Å². The quantitative estimate of drug-likeness (QED) is 0.185. The Labute approximate surface area is 292 Å². The maximum Gasteiger partial charge on any atom is 0.164 e. The fraction of sp³-hybridized carbons (Fsp3) is 0. The Morgan fingerprint density at radius 3 is 1.72 bits per heavy atom. The van der Waals surface area contributed by atoms with Gasteiger partial charge in [0.1, 0.15) is 11.2 Å². The number of fused-ring (bicyclic) bond motifs is 6. The zero-order chi connectivity index (χ0) is 33.0. The Morgan fingerprint density at radius 1 is 0.380 bits per heavy atom. The van der Waals surface area contributed by atoms with Gasteiger partial charge in [-0.25, -0.2) is 15.0 Å². The predicted molar refractivity (Wildman–Crippen MR) is 207 cm³/mol. The molecule has 0 fully saturated rings. The highest BCUT2D eigenvalue weighted by molar-refractivity contribution is 7.26. The molecule has 0 radical (unpaired) electrons. The average molecular weight is 658 g/mol. The summed E-state index contributed by atoms with van der Waals surface area (Å²) in [7, 11) is 0. The van der Waals surface area contributed by atoms with Crippen LogP contribution in [0.3, 0.4) is 0 Å². The first-order chi connectivity index (χ1) is 24.8. The van der Waals surface area contributed by atoms with Crippen LogP contribution in [0.4, 0.5) is 0 Å². The number of hydrogen-bond donors (Lipinski definition) is 0. The largest absolute Gasteiger partial charge is 0.456 e. The molecule has 0 atom stereocenters. The SMILES string of the molecule is c1ccc(-c2nc(-c3ccccc3)nc(-c3cccc4oc5ccc(-c6ccc(-c7ccccc7)c7sc8ccccc8c67)cc5c34)n2)cc1. The molecule has 0 spiro atoms. The van der Waals surface area contributed by atoms with Crippen molar-refractivity contribution in [3.8, 4) is 56.4 Å². The van der Waals surface area contributed by atoms with Crippen molar-refractivity contribution >= 4 is 53.4 Å². The molecule has 7 aromatic carbocycles. The summed E-state index contributed by atoms with van der Waals surface area (Å²) in [5.74, 6) is 1.87. The van der Waals surface area contributed by atoms with Crippen molar-refractivity contribution < 1.29 is 4.42 Å². The maximum absolute atomic E-state index is 6.49. The highest BCUT2D eigenvalue weighted by Crippen LogP contribution is 2.46. The number of nitrogens with zero attached hydrogens (tertiary/aromatic N) is 3. The summed E-state index contributed by atoms with van der Waals surface area (Å²) in [5.41, 5.74) is 9.20. The van der Waals surface area contributed by atoms with Gasteiger partial charge in [-0.1, -0.05) is 140 Å². The second-order valence-corrected chi connectivity index (χ2v) is 13.4. The summed E-state index contributed by atoms with van der Waals surface area (Å²) in [6.07, 6.45) is 0. The molecule has 5 heteroatoms. The smallest absolute Gasteiger partial charge is 0.164 e. The maximum atomic E-state index is 6.49. The van der Waals surface area contributed by atoms with E-state index in [0.717, 1.165) is 44.2 Å². The van der Waals surface area contributed by atoms with Crippen LogP contribution >= 0.6 is 11.3 Å². The first-order valence-corrected chi connectivity index (χ1v) is 17.4. The van der Waals surface area contributed by atoms with E-state index < -0.39 is 0 Å². The third-order valence-electron chi connectivity index (χ3n) is 9.36. The van der Waals surface area contributed by atoms with Crippen LogP contribution in [-0.2, 0) is 0 Å². The number of furan rings is 1. The third-order valence-corrected chi connectivity index (χ3v) is 10.6. The highest BCUT2D eigenvalue weighted by Gasteiger charge is 2.20. The monoisotopic (exact) mass is 657 g/mol. The minimum atomic E-state index is 0.606. The number of thiophene rings is 1. The van der Waals surface area contributed by atoms with Gasteiger partial charge in [-0.2, -0.15) is 0 Å². The summed E-state index contributed by atoms with van der Waals surface area (Å²) in [5, 5.41) is 4.55. The standard InChI is InChI=1S/C45H27N3OS/c1-4-13-28(14-5-1)33-25-24-32(41-34-19-10-11-22-39(34)50-42(33)41)31-23-26-37-36(27-31)40-35(20-12-21-38(40)49-37)45-47-43(29-15-6-2-7-16-29)46-44(48-45)30-17-8-3-9-18-30/h1-27H. The predicted octanol–water partition coefficient (Wildman–Crippen LogP) is 12.5. The first-order valence-electron chi connectivity index (χ1n) is 16.6. The normalized spacial score (nSPS) is 11.6. The topological polar surface area (TPSA) is 51.8 Å². The molecule has 0 saturated carbocycles. The van der Waals surface area contributed by atoms with Crippen molar-refractivity contribution in [1.29, 1.82) is 0 Å². The minimum Gasteiger partial charge on any atom is -0.456 e. The molecule has 10 rings (SSSR count). The summed E-state index contributed by atoms with van der Waals surface area (Å²) in [6.45, 7) is 0. The Balaban J connectivity index is 1.21. The molecule has 0 unspecified atom stereocenters. The molecule has 234 valence electrons. The Morgan fingerprint density at radius 2 is 1.00 bits per heavy atom. The second kappa shape index (κ2) is 11.6. The van der Waals surface area contributed by atoms with E-state index in [2.05, 4.69) is 91.0 Å². The van der Waals surface area contributed by atoms with Gasteiger partial charge in [0.25, 0.3) is 0 Å². The minimum absolute atomic E-state index is 0.606. The van der Waals surface area contributed by atoms with Crippen LogP contribution in [0.5, 0.6) is 0 Å². The zero-order valence-corrected chi connectivity index (χ0v) is 27.6. The molecule has 0 aliphatic heterocycles. The lowest BCUT2D eigenvalue weighted by Gasteiger charge is -2.10. The van der Waals surface area contributed by atoms with Gasteiger partial charge >= 0.3 is 0 Å². The molecule has 0 N–H and O–H groups in total. The summed E-state index contributed by atoms with van der Waals surface area (Å²) in [4.78, 5) is 15.0. The van der Waals surface area contributed by atoms with Crippen molar-refractivity contribution in [2.45, 2.75) is 0 Å². The van der Waals surface area contributed by atoms with Crippen LogP contribution in [-0.4, -0.2) is 15.0 Å². The van der Waals surface area contributed by atoms with Gasteiger partial charge in [0.15, 0.2) is 17.5 Å². The van der Waals surface area contributed by atoms with E-state index in [4.69, 9.17) is 19.4 Å². The lowest BCUT2D eigenvalue weighted by atomic mass is 9.94. The highest BCUT2D eigenvalue weighted by atomic mass is 32.1. The molecule has 0 bridgehead atoms. The van der Waals surface area contributed by atoms with E-state index in [1.54, 1.807) is 0 Å².